The number of benzene rings is 1. The van der Waals surface area contributed by atoms with Gasteiger partial charge in [0.05, 0.1) is 0 Å². The van der Waals surface area contributed by atoms with Gasteiger partial charge < -0.3 is 24.8 Å². The SMILES string of the molecule is CCCc1ccc(C)c2c1C(C)=C(C)[CH]2[Zr+2].[Cl-].[Cl-]. The smallest absolute Gasteiger partial charge is 1.00 e. The first kappa shape index (κ1) is 18.4. The predicted molar refractivity (Wildman–Crippen MR) is 66.2 cm³/mol. The van der Waals surface area contributed by atoms with Gasteiger partial charge in [0.15, 0.2) is 0 Å². The van der Waals surface area contributed by atoms with Crippen molar-refractivity contribution in [2.24, 2.45) is 0 Å². The fraction of sp³-hybridized carbons (Fsp3) is 0.467. The molecule has 0 saturated carbocycles. The summed E-state index contributed by atoms with van der Waals surface area (Å²) in [5, 5.41) is 0. The number of fused-ring (bicyclic) bond motifs is 1. The molecule has 0 N–H and O–H groups in total. The molecule has 1 aromatic carbocycles. The maximum Gasteiger partial charge on any atom is -1.00 e. The maximum absolute atomic E-state index is 2.34. The average Bonchev–Trinajstić information content (AvgIpc) is 2.49. The summed E-state index contributed by atoms with van der Waals surface area (Å²) in [5.74, 6) is 0. The molecule has 1 aliphatic rings. The van der Waals surface area contributed by atoms with E-state index in [1.165, 1.54) is 18.4 Å². The van der Waals surface area contributed by atoms with Crippen LogP contribution in [0.4, 0.5) is 0 Å². The number of hydrogen-bond donors (Lipinski definition) is 0. The predicted octanol–water partition coefficient (Wildman–Crippen LogP) is -1.65. The van der Waals surface area contributed by atoms with Crippen LogP contribution >= 0.6 is 0 Å². The van der Waals surface area contributed by atoms with E-state index in [0.717, 1.165) is 0 Å². The summed E-state index contributed by atoms with van der Waals surface area (Å²) in [5.41, 5.74) is 9.39. The van der Waals surface area contributed by atoms with E-state index in [1.54, 1.807) is 52.6 Å². The van der Waals surface area contributed by atoms with Gasteiger partial charge >= 0.3 is 114 Å². The largest absolute Gasteiger partial charge is 1.00 e. The summed E-state index contributed by atoms with van der Waals surface area (Å²) >= 11 is 1.63. The number of aryl methyl sites for hydroxylation is 2. The third-order valence-corrected chi connectivity index (χ3v) is 5.53. The second-order valence-electron chi connectivity index (χ2n) is 4.82. The molecule has 0 aromatic heterocycles. The molecule has 3 heteroatoms. The summed E-state index contributed by atoms with van der Waals surface area (Å²) in [6.45, 7) is 9.14. The molecule has 1 aliphatic carbocycles. The first-order chi connectivity index (χ1) is 7.57. The van der Waals surface area contributed by atoms with Crippen LogP contribution in [0, 0.1) is 6.92 Å². The van der Waals surface area contributed by atoms with Gasteiger partial charge in [-0.3, -0.25) is 0 Å². The van der Waals surface area contributed by atoms with Crippen molar-refractivity contribution < 1.29 is 49.5 Å². The molecule has 0 aliphatic heterocycles. The zero-order valence-corrected chi connectivity index (χ0v) is 15.4. The van der Waals surface area contributed by atoms with E-state index in [1.807, 2.05) is 0 Å². The number of allylic oxidation sites excluding steroid dienone is 2. The second kappa shape index (κ2) is 7.27. The topological polar surface area (TPSA) is 0 Å². The van der Waals surface area contributed by atoms with Gasteiger partial charge in [-0.1, -0.05) is 0 Å². The summed E-state index contributed by atoms with van der Waals surface area (Å²) in [4.78, 5) is 0. The Kier molecular flexibility index (Phi) is 7.44. The Morgan fingerprint density at radius 3 is 2.28 bits per heavy atom. The van der Waals surface area contributed by atoms with Crippen LogP contribution in [-0.4, -0.2) is 0 Å². The van der Waals surface area contributed by atoms with Crippen molar-refractivity contribution >= 4 is 5.57 Å². The van der Waals surface area contributed by atoms with Gasteiger partial charge in [-0.2, -0.15) is 0 Å². The Balaban J connectivity index is 0.00000144. The van der Waals surface area contributed by atoms with E-state index < -0.39 is 0 Å². The maximum atomic E-state index is 2.34. The van der Waals surface area contributed by atoms with Crippen molar-refractivity contribution in [3.8, 4) is 0 Å². The molecule has 0 nitrogen and oxygen atoms in total. The molecule has 0 radical (unpaired) electrons. The standard InChI is InChI=1S/C15H19.2ClH.Zr/c1-5-6-13-8-7-10(2)14-9-11(3)12(4)15(13)14;;;/h7-9H,5-6H2,1-4H3;2*1H;/q;;;+2/p-2. The summed E-state index contributed by atoms with van der Waals surface area (Å²) in [6.07, 6.45) is 2.46. The summed E-state index contributed by atoms with van der Waals surface area (Å²) < 4.78 is 0.707. The van der Waals surface area contributed by atoms with Crippen LogP contribution in [0.2, 0.25) is 0 Å². The van der Waals surface area contributed by atoms with Gasteiger partial charge in [0.25, 0.3) is 0 Å². The van der Waals surface area contributed by atoms with E-state index >= 15 is 0 Å². The molecule has 0 bridgehead atoms. The molecule has 0 amide bonds. The molecule has 97 valence electrons. The van der Waals surface area contributed by atoms with Crippen LogP contribution in [0.1, 0.15) is 53.1 Å². The van der Waals surface area contributed by atoms with Crippen molar-refractivity contribution in [1.82, 2.24) is 0 Å². The minimum absolute atomic E-state index is 0. The van der Waals surface area contributed by atoms with Crippen molar-refractivity contribution in [3.63, 3.8) is 0 Å². The summed E-state index contributed by atoms with van der Waals surface area (Å²) in [7, 11) is 0. The van der Waals surface area contributed by atoms with Gasteiger partial charge in [0, 0.05) is 0 Å². The third kappa shape index (κ3) is 2.94. The van der Waals surface area contributed by atoms with E-state index in [-0.39, 0.29) is 24.8 Å². The van der Waals surface area contributed by atoms with E-state index in [9.17, 15) is 0 Å². The van der Waals surface area contributed by atoms with Gasteiger partial charge in [-0.05, 0) is 0 Å². The Morgan fingerprint density at radius 1 is 1.11 bits per heavy atom. The first-order valence-corrected chi connectivity index (χ1v) is 7.51. The quantitative estimate of drug-likeness (QED) is 0.592. The van der Waals surface area contributed by atoms with Crippen molar-refractivity contribution in [2.75, 3.05) is 0 Å². The average molecular weight is 361 g/mol. The van der Waals surface area contributed by atoms with Crippen molar-refractivity contribution in [1.29, 1.82) is 0 Å². The normalized spacial score (nSPS) is 17.1. The molecule has 1 aromatic rings. The van der Waals surface area contributed by atoms with Crippen LogP contribution in [0.25, 0.3) is 5.57 Å². The molecular formula is C15H19Cl2Zr. The Labute approximate surface area is 138 Å². The van der Waals surface area contributed by atoms with Crippen LogP contribution in [-0.2, 0) is 31.1 Å². The zero-order valence-electron chi connectivity index (χ0n) is 11.4. The molecule has 0 heterocycles. The monoisotopic (exact) mass is 359 g/mol. The zero-order chi connectivity index (χ0) is 11.9. The van der Waals surface area contributed by atoms with Crippen LogP contribution in [0.3, 0.4) is 0 Å². The van der Waals surface area contributed by atoms with Crippen LogP contribution in [0.15, 0.2) is 17.7 Å². The summed E-state index contributed by atoms with van der Waals surface area (Å²) in [6, 6.07) is 4.65. The van der Waals surface area contributed by atoms with Gasteiger partial charge in [-0.15, -0.1) is 0 Å². The number of halogens is 2. The molecule has 1 unspecified atom stereocenters. The van der Waals surface area contributed by atoms with Crippen molar-refractivity contribution in [2.45, 2.75) is 44.2 Å². The molecule has 2 rings (SSSR count). The molecule has 18 heavy (non-hydrogen) atoms. The van der Waals surface area contributed by atoms with Crippen LogP contribution in [0.5, 0.6) is 0 Å². The first-order valence-electron chi connectivity index (χ1n) is 6.09. The van der Waals surface area contributed by atoms with Gasteiger partial charge in [-0.25, -0.2) is 0 Å². The fourth-order valence-electron chi connectivity index (χ4n) is 2.69. The Morgan fingerprint density at radius 2 is 1.72 bits per heavy atom. The molecule has 1 atom stereocenters. The fourth-order valence-corrected chi connectivity index (χ4v) is 4.14. The molecule has 0 fully saturated rings. The third-order valence-electron chi connectivity index (χ3n) is 3.76. The van der Waals surface area contributed by atoms with Gasteiger partial charge in [0.2, 0.25) is 0 Å². The van der Waals surface area contributed by atoms with Crippen molar-refractivity contribution in [3.05, 3.63) is 40.0 Å². The second-order valence-corrected chi connectivity index (χ2v) is 6.24. The Hall–Kier alpha value is 0.423. The Bertz CT molecular complexity index is 464. The van der Waals surface area contributed by atoms with Crippen LogP contribution < -0.4 is 24.8 Å². The number of hydrogen-bond acceptors (Lipinski definition) is 0. The number of rotatable bonds is 2. The molecule has 0 spiro atoms. The van der Waals surface area contributed by atoms with Gasteiger partial charge in [0.1, 0.15) is 0 Å². The minimum atomic E-state index is 0. The molecular weight excluding hydrogens is 342 g/mol. The van der Waals surface area contributed by atoms with E-state index in [2.05, 4.69) is 39.8 Å². The van der Waals surface area contributed by atoms with E-state index in [0.29, 0.717) is 3.63 Å². The minimum Gasteiger partial charge on any atom is -1.00 e. The van der Waals surface area contributed by atoms with E-state index in [4.69, 9.17) is 0 Å². The molecule has 0 saturated heterocycles.